The second-order valence-corrected chi connectivity index (χ2v) is 6.71. The summed E-state index contributed by atoms with van der Waals surface area (Å²) in [6.07, 6.45) is 2.82. The molecule has 1 aliphatic carbocycles. The van der Waals surface area contributed by atoms with Crippen LogP contribution in [0.4, 0.5) is 5.69 Å². The Balaban J connectivity index is 1.92. The largest absolute Gasteiger partial charge is 0.325 e. The van der Waals surface area contributed by atoms with Crippen LogP contribution in [0, 0.1) is 12.8 Å². The van der Waals surface area contributed by atoms with Gasteiger partial charge in [-0.2, -0.15) is 0 Å². The number of amides is 1. The number of anilines is 1. The van der Waals surface area contributed by atoms with Crippen LogP contribution in [-0.4, -0.2) is 10.9 Å². The number of benzene rings is 1. The van der Waals surface area contributed by atoms with Gasteiger partial charge in [-0.3, -0.25) is 9.59 Å². The van der Waals surface area contributed by atoms with Gasteiger partial charge in [-0.1, -0.05) is 24.6 Å². The molecule has 0 aliphatic heterocycles. The van der Waals surface area contributed by atoms with Gasteiger partial charge in [-0.25, -0.2) is 0 Å². The third-order valence-electron chi connectivity index (χ3n) is 4.36. The van der Waals surface area contributed by atoms with Crippen LogP contribution in [0.3, 0.4) is 0 Å². The number of aryl methyl sites for hydroxylation is 2. The summed E-state index contributed by atoms with van der Waals surface area (Å²) < 4.78 is 0. The highest BCUT2D eigenvalue weighted by Crippen LogP contribution is 2.24. The Morgan fingerprint density at radius 1 is 1.35 bits per heavy atom. The van der Waals surface area contributed by atoms with Crippen molar-refractivity contribution >= 4 is 23.2 Å². The van der Waals surface area contributed by atoms with E-state index in [1.54, 1.807) is 18.2 Å². The maximum Gasteiger partial charge on any atom is 0.261 e. The Hall–Kier alpha value is -2.07. The SMILES string of the molecule is Cc1ccc(Cl)cc1NC(=O)c1cc2c([nH]c1=O)CCC(C)C2. The molecule has 2 aromatic rings. The first kappa shape index (κ1) is 15.8. The van der Waals surface area contributed by atoms with Gasteiger partial charge in [0.15, 0.2) is 0 Å². The lowest BCUT2D eigenvalue weighted by Crippen LogP contribution is -2.27. The lowest BCUT2D eigenvalue weighted by Gasteiger charge is -2.21. The number of nitrogens with one attached hydrogen (secondary N) is 2. The van der Waals surface area contributed by atoms with Crippen molar-refractivity contribution < 1.29 is 4.79 Å². The van der Waals surface area contributed by atoms with Gasteiger partial charge in [0.25, 0.3) is 11.5 Å². The number of aromatic amines is 1. The molecule has 1 amide bonds. The zero-order valence-electron chi connectivity index (χ0n) is 13.2. The second kappa shape index (κ2) is 6.20. The molecule has 0 fully saturated rings. The molecule has 0 spiro atoms. The first-order chi connectivity index (χ1) is 10.9. The van der Waals surface area contributed by atoms with Crippen LogP contribution in [0.15, 0.2) is 29.1 Å². The summed E-state index contributed by atoms with van der Waals surface area (Å²) in [7, 11) is 0. The van der Waals surface area contributed by atoms with Crippen LogP contribution >= 0.6 is 11.6 Å². The number of hydrogen-bond donors (Lipinski definition) is 2. The van der Waals surface area contributed by atoms with E-state index in [4.69, 9.17) is 11.6 Å². The van der Waals surface area contributed by atoms with Gasteiger partial charge in [0, 0.05) is 16.4 Å². The maximum atomic E-state index is 12.5. The number of fused-ring (bicyclic) bond motifs is 1. The maximum absolute atomic E-state index is 12.5. The third-order valence-corrected chi connectivity index (χ3v) is 4.60. The Labute approximate surface area is 139 Å². The average Bonchev–Trinajstić information content (AvgIpc) is 2.50. The van der Waals surface area contributed by atoms with Crippen molar-refractivity contribution in [2.45, 2.75) is 33.1 Å². The van der Waals surface area contributed by atoms with Crippen LogP contribution in [0.25, 0.3) is 0 Å². The van der Waals surface area contributed by atoms with Gasteiger partial charge in [0.2, 0.25) is 0 Å². The summed E-state index contributed by atoms with van der Waals surface area (Å²) in [6, 6.07) is 7.01. The molecule has 3 rings (SSSR count). The van der Waals surface area contributed by atoms with Crippen LogP contribution in [0.5, 0.6) is 0 Å². The highest BCUT2D eigenvalue weighted by atomic mass is 35.5. The van der Waals surface area contributed by atoms with E-state index < -0.39 is 5.91 Å². The van der Waals surface area contributed by atoms with Crippen LogP contribution < -0.4 is 10.9 Å². The molecule has 5 heteroatoms. The van der Waals surface area contributed by atoms with E-state index in [1.165, 1.54) is 0 Å². The van der Waals surface area contributed by atoms with E-state index in [-0.39, 0.29) is 11.1 Å². The zero-order chi connectivity index (χ0) is 16.6. The molecule has 4 nitrogen and oxygen atoms in total. The van der Waals surface area contributed by atoms with E-state index in [0.29, 0.717) is 16.6 Å². The smallest absolute Gasteiger partial charge is 0.261 e. The first-order valence-electron chi connectivity index (χ1n) is 7.76. The summed E-state index contributed by atoms with van der Waals surface area (Å²) in [6.45, 7) is 4.06. The molecule has 2 N–H and O–H groups in total. The van der Waals surface area contributed by atoms with Crippen molar-refractivity contribution in [2.75, 3.05) is 5.32 Å². The number of hydrogen-bond acceptors (Lipinski definition) is 2. The second-order valence-electron chi connectivity index (χ2n) is 6.28. The van der Waals surface area contributed by atoms with Gasteiger partial charge >= 0.3 is 0 Å². The summed E-state index contributed by atoms with van der Waals surface area (Å²) in [4.78, 5) is 27.6. The lowest BCUT2D eigenvalue weighted by molar-refractivity contribution is 0.102. The molecule has 1 aromatic carbocycles. The predicted octanol–water partition coefficient (Wildman–Crippen LogP) is 3.71. The monoisotopic (exact) mass is 330 g/mol. The number of H-pyrrole nitrogens is 1. The molecule has 0 bridgehead atoms. The Bertz CT molecular complexity index is 826. The summed E-state index contributed by atoms with van der Waals surface area (Å²) in [5.74, 6) is 0.164. The molecule has 0 saturated carbocycles. The summed E-state index contributed by atoms with van der Waals surface area (Å²) in [5, 5.41) is 3.32. The topological polar surface area (TPSA) is 62.0 Å². The van der Waals surface area contributed by atoms with Crippen LogP contribution in [0.2, 0.25) is 5.02 Å². The summed E-state index contributed by atoms with van der Waals surface area (Å²) in [5.41, 5.74) is 3.35. The van der Waals surface area contributed by atoms with Crippen LogP contribution in [0.1, 0.15) is 40.5 Å². The van der Waals surface area contributed by atoms with E-state index in [0.717, 1.165) is 36.1 Å². The van der Waals surface area contributed by atoms with Crippen molar-refractivity contribution in [2.24, 2.45) is 5.92 Å². The van der Waals surface area contributed by atoms with E-state index in [9.17, 15) is 9.59 Å². The minimum atomic E-state index is -0.405. The third kappa shape index (κ3) is 3.32. The van der Waals surface area contributed by atoms with Gasteiger partial charge in [0.05, 0.1) is 0 Å². The van der Waals surface area contributed by atoms with Gasteiger partial charge in [0.1, 0.15) is 5.56 Å². The highest BCUT2D eigenvalue weighted by molar-refractivity contribution is 6.31. The number of pyridine rings is 1. The number of carbonyl (C=O) groups is 1. The van der Waals surface area contributed by atoms with Crippen molar-refractivity contribution in [1.82, 2.24) is 4.98 Å². The highest BCUT2D eigenvalue weighted by Gasteiger charge is 2.20. The van der Waals surface area contributed by atoms with Gasteiger partial charge in [-0.05, 0) is 61.4 Å². The van der Waals surface area contributed by atoms with Crippen molar-refractivity contribution in [3.63, 3.8) is 0 Å². The number of aromatic nitrogens is 1. The molecule has 120 valence electrons. The minimum absolute atomic E-state index is 0.150. The van der Waals surface area contributed by atoms with Gasteiger partial charge in [-0.15, -0.1) is 0 Å². The summed E-state index contributed by atoms with van der Waals surface area (Å²) >= 11 is 5.97. The zero-order valence-corrected chi connectivity index (χ0v) is 14.0. The predicted molar refractivity (Wildman–Crippen MR) is 92.4 cm³/mol. The van der Waals surface area contributed by atoms with Crippen molar-refractivity contribution in [1.29, 1.82) is 0 Å². The molecular weight excluding hydrogens is 312 g/mol. The fraction of sp³-hybridized carbons (Fsp3) is 0.333. The number of rotatable bonds is 2. The fourth-order valence-corrected chi connectivity index (χ4v) is 3.14. The Morgan fingerprint density at radius 2 is 2.13 bits per heavy atom. The molecule has 1 aromatic heterocycles. The Kier molecular flexibility index (Phi) is 4.26. The molecule has 1 aliphatic rings. The lowest BCUT2D eigenvalue weighted by atomic mass is 9.87. The van der Waals surface area contributed by atoms with Gasteiger partial charge < -0.3 is 10.3 Å². The molecule has 1 heterocycles. The van der Waals surface area contributed by atoms with E-state index in [2.05, 4.69) is 17.2 Å². The number of halogens is 1. The molecular formula is C18H19ClN2O2. The van der Waals surface area contributed by atoms with Crippen molar-refractivity contribution in [3.8, 4) is 0 Å². The fourth-order valence-electron chi connectivity index (χ4n) is 2.97. The standard InChI is InChI=1S/C18H19ClN2O2/c1-10-3-6-15-12(7-10)8-14(17(22)20-15)18(23)21-16-9-13(19)5-4-11(16)2/h4-5,8-10H,3,6-7H2,1-2H3,(H,20,22)(H,21,23). The average molecular weight is 331 g/mol. The molecule has 1 unspecified atom stereocenters. The van der Waals surface area contributed by atoms with Crippen molar-refractivity contribution in [3.05, 3.63) is 62.0 Å². The molecule has 1 atom stereocenters. The quantitative estimate of drug-likeness (QED) is 0.881. The van der Waals surface area contributed by atoms with Crippen LogP contribution in [-0.2, 0) is 12.8 Å². The first-order valence-corrected chi connectivity index (χ1v) is 8.14. The Morgan fingerprint density at radius 3 is 2.91 bits per heavy atom. The van der Waals surface area contributed by atoms with E-state index in [1.807, 2.05) is 13.0 Å². The molecule has 0 radical (unpaired) electrons. The minimum Gasteiger partial charge on any atom is -0.325 e. The number of carbonyl (C=O) groups excluding carboxylic acids is 1. The molecule has 0 saturated heterocycles. The molecule has 23 heavy (non-hydrogen) atoms. The normalized spacial score (nSPS) is 16.7. The van der Waals surface area contributed by atoms with E-state index >= 15 is 0 Å².